The van der Waals surface area contributed by atoms with Crippen LogP contribution in [0.3, 0.4) is 0 Å². The molecule has 0 saturated carbocycles. The van der Waals surface area contributed by atoms with E-state index >= 15 is 0 Å². The van der Waals surface area contributed by atoms with Crippen molar-refractivity contribution in [3.05, 3.63) is 35.9 Å². The van der Waals surface area contributed by atoms with Gasteiger partial charge in [0, 0.05) is 42.5 Å². The van der Waals surface area contributed by atoms with Crippen LogP contribution in [-0.2, 0) is 0 Å². The molecule has 1 aromatic rings. The number of halogens is 1. The lowest BCUT2D eigenvalue weighted by Gasteiger charge is -2.31. The summed E-state index contributed by atoms with van der Waals surface area (Å²) in [6.07, 6.45) is 0. The molecule has 0 radical (unpaired) electrons. The molecule has 0 unspecified atom stereocenters. The quantitative estimate of drug-likeness (QED) is 0.628. The first-order valence-corrected chi connectivity index (χ1v) is 5.52. The molecule has 1 fully saturated rings. The molecular weight excluding hydrogens is 275 g/mol. The minimum absolute atomic E-state index is 0.538. The topological polar surface area (TPSA) is 15.3 Å². The Morgan fingerprint density at radius 2 is 2.08 bits per heavy atom. The van der Waals surface area contributed by atoms with Crippen LogP contribution in [0.4, 0.5) is 0 Å². The van der Waals surface area contributed by atoms with Gasteiger partial charge in [-0.1, -0.05) is 30.3 Å². The van der Waals surface area contributed by atoms with Gasteiger partial charge < -0.3 is 5.32 Å². The highest BCUT2D eigenvalue weighted by Crippen LogP contribution is 2.24. The van der Waals surface area contributed by atoms with Gasteiger partial charge in [-0.2, -0.15) is 0 Å². The zero-order valence-corrected chi connectivity index (χ0v) is 9.57. The third-order valence-electron chi connectivity index (χ3n) is 2.36. The van der Waals surface area contributed by atoms with E-state index in [1.165, 1.54) is 5.56 Å². The smallest absolute Gasteiger partial charge is 0.0568 e. The summed E-state index contributed by atoms with van der Waals surface area (Å²) < 4.78 is 2.38. The van der Waals surface area contributed by atoms with E-state index in [0.717, 1.165) is 19.6 Å². The molecule has 0 amide bonds. The van der Waals surface area contributed by atoms with E-state index in [2.05, 4.69) is 61.6 Å². The maximum Gasteiger partial charge on any atom is 0.0568 e. The lowest BCUT2D eigenvalue weighted by molar-refractivity contribution is 0.321. The molecule has 2 nitrogen and oxygen atoms in total. The maximum atomic E-state index is 3.42. The van der Waals surface area contributed by atoms with E-state index < -0.39 is 0 Å². The Balaban J connectivity index is 2.15. The van der Waals surface area contributed by atoms with Gasteiger partial charge in [0.25, 0.3) is 0 Å². The molecule has 0 spiro atoms. The SMILES string of the molecule is IN1CCNC[C@@H]1c1ccccc1. The van der Waals surface area contributed by atoms with Crippen LogP contribution in [0.2, 0.25) is 0 Å². The molecule has 0 aromatic heterocycles. The molecule has 13 heavy (non-hydrogen) atoms. The summed E-state index contributed by atoms with van der Waals surface area (Å²) >= 11 is 2.42. The van der Waals surface area contributed by atoms with Crippen LogP contribution >= 0.6 is 22.9 Å². The predicted molar refractivity (Wildman–Crippen MR) is 62.8 cm³/mol. The molecule has 1 aromatic carbocycles. The zero-order valence-electron chi connectivity index (χ0n) is 7.41. The summed E-state index contributed by atoms with van der Waals surface area (Å²) in [5.41, 5.74) is 1.41. The molecule has 1 aliphatic heterocycles. The standard InChI is InChI=1S/C10H13IN2/c11-13-7-6-12-8-10(13)9-4-2-1-3-5-9/h1-5,10,12H,6-8H2/t10-/m1/s1. The molecular formula is C10H13IN2. The van der Waals surface area contributed by atoms with Gasteiger partial charge in [0.15, 0.2) is 0 Å². The van der Waals surface area contributed by atoms with Gasteiger partial charge >= 0.3 is 0 Å². The predicted octanol–water partition coefficient (Wildman–Crippen LogP) is 1.98. The highest BCUT2D eigenvalue weighted by atomic mass is 127. The number of nitrogens with one attached hydrogen (secondary N) is 1. The Morgan fingerprint density at radius 1 is 1.31 bits per heavy atom. The number of hydrogen-bond acceptors (Lipinski definition) is 2. The molecule has 2 rings (SSSR count). The summed E-state index contributed by atoms with van der Waals surface area (Å²) in [5.74, 6) is 0. The minimum Gasteiger partial charge on any atom is -0.313 e. The fraction of sp³-hybridized carbons (Fsp3) is 0.400. The van der Waals surface area contributed by atoms with Crippen LogP contribution in [0, 0.1) is 0 Å². The Bertz CT molecular complexity index is 263. The maximum absolute atomic E-state index is 3.42. The summed E-state index contributed by atoms with van der Waals surface area (Å²) in [6, 6.07) is 11.2. The molecule has 1 N–H and O–H groups in total. The Hall–Kier alpha value is -0.130. The molecule has 1 saturated heterocycles. The van der Waals surface area contributed by atoms with E-state index in [4.69, 9.17) is 0 Å². The second-order valence-corrected chi connectivity index (χ2v) is 4.49. The average Bonchev–Trinajstić information content (AvgIpc) is 2.20. The highest BCUT2D eigenvalue weighted by molar-refractivity contribution is 14.1. The van der Waals surface area contributed by atoms with Gasteiger partial charge in [0.1, 0.15) is 0 Å². The molecule has 1 aliphatic rings. The van der Waals surface area contributed by atoms with Crippen molar-refractivity contribution in [3.63, 3.8) is 0 Å². The number of nitrogens with zero attached hydrogens (tertiary/aromatic N) is 1. The normalized spacial score (nSPS) is 24.5. The lowest BCUT2D eigenvalue weighted by atomic mass is 10.1. The summed E-state index contributed by atoms with van der Waals surface area (Å²) in [7, 11) is 0. The van der Waals surface area contributed by atoms with Crippen molar-refractivity contribution in [2.45, 2.75) is 6.04 Å². The highest BCUT2D eigenvalue weighted by Gasteiger charge is 2.20. The first-order chi connectivity index (χ1) is 6.38. The van der Waals surface area contributed by atoms with Crippen molar-refractivity contribution in [2.75, 3.05) is 19.6 Å². The van der Waals surface area contributed by atoms with Gasteiger partial charge in [-0.05, 0) is 5.56 Å². The Morgan fingerprint density at radius 3 is 2.77 bits per heavy atom. The van der Waals surface area contributed by atoms with Crippen molar-refractivity contribution in [2.24, 2.45) is 0 Å². The summed E-state index contributed by atoms with van der Waals surface area (Å²) in [6.45, 7) is 3.29. The molecule has 3 heteroatoms. The summed E-state index contributed by atoms with van der Waals surface area (Å²) in [5, 5.41) is 3.42. The third-order valence-corrected chi connectivity index (χ3v) is 3.52. The number of rotatable bonds is 1. The van der Waals surface area contributed by atoms with Crippen LogP contribution in [0.5, 0.6) is 0 Å². The van der Waals surface area contributed by atoms with Gasteiger partial charge in [0.05, 0.1) is 6.04 Å². The number of benzene rings is 1. The molecule has 70 valence electrons. The molecule has 0 aliphatic carbocycles. The van der Waals surface area contributed by atoms with Crippen molar-refractivity contribution in [1.29, 1.82) is 0 Å². The van der Waals surface area contributed by atoms with E-state index in [9.17, 15) is 0 Å². The van der Waals surface area contributed by atoms with Crippen LogP contribution in [0.25, 0.3) is 0 Å². The van der Waals surface area contributed by atoms with E-state index in [0.29, 0.717) is 6.04 Å². The molecule has 1 atom stereocenters. The van der Waals surface area contributed by atoms with E-state index in [-0.39, 0.29) is 0 Å². The monoisotopic (exact) mass is 288 g/mol. The van der Waals surface area contributed by atoms with Gasteiger partial charge in [0.2, 0.25) is 0 Å². The summed E-state index contributed by atoms with van der Waals surface area (Å²) in [4.78, 5) is 0. The average molecular weight is 288 g/mol. The van der Waals surface area contributed by atoms with Crippen molar-refractivity contribution < 1.29 is 0 Å². The Kier molecular flexibility index (Phi) is 3.18. The second-order valence-electron chi connectivity index (χ2n) is 3.25. The van der Waals surface area contributed by atoms with E-state index in [1.807, 2.05) is 0 Å². The Labute approximate surface area is 92.8 Å². The first kappa shape index (κ1) is 9.43. The first-order valence-electron chi connectivity index (χ1n) is 4.56. The largest absolute Gasteiger partial charge is 0.313 e. The second kappa shape index (κ2) is 4.39. The fourth-order valence-electron chi connectivity index (χ4n) is 1.63. The number of piperazine rings is 1. The fourth-order valence-corrected chi connectivity index (χ4v) is 2.39. The van der Waals surface area contributed by atoms with Crippen molar-refractivity contribution in [3.8, 4) is 0 Å². The van der Waals surface area contributed by atoms with Crippen LogP contribution in [0.15, 0.2) is 30.3 Å². The van der Waals surface area contributed by atoms with Crippen LogP contribution in [0.1, 0.15) is 11.6 Å². The lowest BCUT2D eigenvalue weighted by Crippen LogP contribution is -2.40. The van der Waals surface area contributed by atoms with E-state index in [1.54, 1.807) is 0 Å². The third kappa shape index (κ3) is 2.21. The van der Waals surface area contributed by atoms with Gasteiger partial charge in [-0.25, -0.2) is 3.11 Å². The van der Waals surface area contributed by atoms with Crippen LogP contribution in [-0.4, -0.2) is 22.7 Å². The van der Waals surface area contributed by atoms with Gasteiger partial charge in [-0.3, -0.25) is 0 Å². The zero-order chi connectivity index (χ0) is 9.10. The van der Waals surface area contributed by atoms with Crippen molar-refractivity contribution >= 4 is 22.9 Å². The number of hydrogen-bond donors (Lipinski definition) is 1. The van der Waals surface area contributed by atoms with Crippen LogP contribution < -0.4 is 5.32 Å². The van der Waals surface area contributed by atoms with Gasteiger partial charge in [-0.15, -0.1) is 0 Å². The van der Waals surface area contributed by atoms with Crippen molar-refractivity contribution in [1.82, 2.24) is 8.43 Å². The molecule has 0 bridgehead atoms. The minimum atomic E-state index is 0.538. The molecule has 1 heterocycles.